The van der Waals surface area contributed by atoms with Crippen LogP contribution in [0.25, 0.3) is 0 Å². The summed E-state index contributed by atoms with van der Waals surface area (Å²) in [6, 6.07) is -1.00. The van der Waals surface area contributed by atoms with Crippen LogP contribution in [0.4, 0.5) is 0 Å². The van der Waals surface area contributed by atoms with Gasteiger partial charge in [0, 0.05) is 5.41 Å². The topological polar surface area (TPSA) is 81.7 Å². The summed E-state index contributed by atoms with van der Waals surface area (Å²) in [5, 5.41) is 2.52. The number of amides is 1. The van der Waals surface area contributed by atoms with Gasteiger partial charge in [-0.1, -0.05) is 20.8 Å². The maximum Gasteiger partial charge on any atom is 0.331 e. The van der Waals surface area contributed by atoms with Gasteiger partial charge < -0.3 is 14.8 Å². The third kappa shape index (κ3) is 6.04. The van der Waals surface area contributed by atoms with Gasteiger partial charge in [0.1, 0.15) is 6.61 Å². The van der Waals surface area contributed by atoms with Crippen LogP contribution in [0, 0.1) is 10.8 Å². The molecule has 116 valence electrons. The Balaban J connectivity index is 4.73. The minimum atomic E-state index is -1.00. The van der Waals surface area contributed by atoms with Gasteiger partial charge in [-0.2, -0.15) is 0 Å². The summed E-state index contributed by atoms with van der Waals surface area (Å²) in [7, 11) is 1.21. The molecule has 0 fully saturated rings. The van der Waals surface area contributed by atoms with E-state index in [1.54, 1.807) is 41.5 Å². The highest BCUT2D eigenvalue weighted by Gasteiger charge is 2.31. The van der Waals surface area contributed by atoms with Crippen molar-refractivity contribution in [1.29, 1.82) is 0 Å². The van der Waals surface area contributed by atoms with E-state index in [1.807, 2.05) is 0 Å². The average molecular weight is 287 g/mol. The minimum Gasteiger partial charge on any atom is -0.467 e. The van der Waals surface area contributed by atoms with Crippen LogP contribution >= 0.6 is 0 Å². The lowest BCUT2D eigenvalue weighted by molar-refractivity contribution is -0.158. The summed E-state index contributed by atoms with van der Waals surface area (Å²) < 4.78 is 9.65. The van der Waals surface area contributed by atoms with Gasteiger partial charge in [-0.3, -0.25) is 9.59 Å². The molecular weight excluding hydrogens is 262 g/mol. The average Bonchev–Trinajstić information content (AvgIpc) is 2.30. The predicted octanol–water partition coefficient (Wildman–Crippen LogP) is 1.28. The number of ether oxygens (including phenoxy) is 2. The van der Waals surface area contributed by atoms with Gasteiger partial charge in [0.05, 0.1) is 12.5 Å². The van der Waals surface area contributed by atoms with Crippen molar-refractivity contribution in [3.8, 4) is 0 Å². The molecule has 0 rings (SSSR count). The number of carbonyl (C=O) groups is 3. The Morgan fingerprint density at radius 3 is 1.85 bits per heavy atom. The molecule has 0 aliphatic heterocycles. The number of rotatable bonds is 4. The molecule has 0 saturated heterocycles. The van der Waals surface area contributed by atoms with Crippen molar-refractivity contribution in [3.63, 3.8) is 0 Å². The second kappa shape index (κ2) is 6.72. The Kier molecular flexibility index (Phi) is 6.19. The van der Waals surface area contributed by atoms with Crippen molar-refractivity contribution < 1.29 is 23.9 Å². The molecule has 1 unspecified atom stereocenters. The van der Waals surface area contributed by atoms with E-state index >= 15 is 0 Å². The highest BCUT2D eigenvalue weighted by atomic mass is 16.5. The Morgan fingerprint density at radius 2 is 1.50 bits per heavy atom. The van der Waals surface area contributed by atoms with Crippen LogP contribution in [0.2, 0.25) is 0 Å². The molecule has 6 nitrogen and oxygen atoms in total. The molecule has 0 saturated carbocycles. The number of hydrogen-bond donors (Lipinski definition) is 1. The van der Waals surface area contributed by atoms with Crippen LogP contribution in [-0.2, 0) is 23.9 Å². The van der Waals surface area contributed by atoms with E-state index in [0.717, 1.165) is 0 Å². The summed E-state index contributed by atoms with van der Waals surface area (Å²) in [4.78, 5) is 35.2. The zero-order valence-corrected chi connectivity index (χ0v) is 13.3. The van der Waals surface area contributed by atoms with E-state index in [1.165, 1.54) is 7.11 Å². The molecule has 1 atom stereocenters. The fraction of sp³-hybridized carbons (Fsp3) is 0.786. The number of nitrogens with one attached hydrogen (secondary N) is 1. The van der Waals surface area contributed by atoms with Gasteiger partial charge in [0.2, 0.25) is 5.91 Å². The Labute approximate surface area is 120 Å². The first-order valence-electron chi connectivity index (χ1n) is 6.45. The van der Waals surface area contributed by atoms with E-state index < -0.39 is 28.8 Å². The molecule has 0 aromatic heterocycles. The van der Waals surface area contributed by atoms with Crippen LogP contribution in [0.5, 0.6) is 0 Å². The first kappa shape index (κ1) is 18.4. The van der Waals surface area contributed by atoms with Crippen LogP contribution < -0.4 is 5.32 Å². The first-order chi connectivity index (χ1) is 8.89. The molecule has 0 aliphatic rings. The number of carbonyl (C=O) groups excluding carboxylic acids is 3. The molecule has 1 N–H and O–H groups in total. The van der Waals surface area contributed by atoms with Crippen molar-refractivity contribution in [2.24, 2.45) is 10.8 Å². The molecule has 20 heavy (non-hydrogen) atoms. The number of hydrogen-bond acceptors (Lipinski definition) is 5. The van der Waals surface area contributed by atoms with E-state index in [4.69, 9.17) is 4.74 Å². The number of methoxy groups -OCH3 is 1. The quantitative estimate of drug-likeness (QED) is 0.788. The van der Waals surface area contributed by atoms with Crippen molar-refractivity contribution in [2.75, 3.05) is 13.7 Å². The lowest BCUT2D eigenvalue weighted by Gasteiger charge is -2.24. The van der Waals surface area contributed by atoms with Crippen molar-refractivity contribution in [1.82, 2.24) is 5.32 Å². The summed E-state index contributed by atoms with van der Waals surface area (Å²) in [5.41, 5.74) is -1.32. The SMILES string of the molecule is COC(=O)C(COC(=O)C(C)(C)C)NC(=O)C(C)(C)C. The smallest absolute Gasteiger partial charge is 0.331 e. The monoisotopic (exact) mass is 287 g/mol. The Morgan fingerprint density at radius 1 is 1.00 bits per heavy atom. The maximum atomic E-state index is 11.9. The molecule has 0 spiro atoms. The van der Waals surface area contributed by atoms with E-state index in [2.05, 4.69) is 10.1 Å². The van der Waals surface area contributed by atoms with E-state index in [0.29, 0.717) is 0 Å². The molecule has 1 amide bonds. The van der Waals surface area contributed by atoms with Crippen molar-refractivity contribution in [2.45, 2.75) is 47.6 Å². The van der Waals surface area contributed by atoms with Gasteiger partial charge >= 0.3 is 11.9 Å². The normalized spacial score (nSPS) is 13.3. The molecule has 6 heteroatoms. The van der Waals surface area contributed by atoms with Gasteiger partial charge in [-0.05, 0) is 20.8 Å². The molecule has 0 aromatic carbocycles. The minimum absolute atomic E-state index is 0.245. The lowest BCUT2D eigenvalue weighted by atomic mass is 9.95. The molecular formula is C14H25NO5. The predicted molar refractivity (Wildman–Crippen MR) is 73.8 cm³/mol. The Hall–Kier alpha value is -1.59. The highest BCUT2D eigenvalue weighted by molar-refractivity contribution is 5.87. The Bertz CT molecular complexity index is 376. The molecule has 0 aliphatic carbocycles. The van der Waals surface area contributed by atoms with Crippen LogP contribution in [-0.4, -0.2) is 37.6 Å². The summed E-state index contributed by atoms with van der Waals surface area (Å²) in [5.74, 6) is -1.42. The third-order valence-electron chi connectivity index (χ3n) is 2.47. The van der Waals surface area contributed by atoms with E-state index in [9.17, 15) is 14.4 Å². The van der Waals surface area contributed by atoms with Crippen molar-refractivity contribution in [3.05, 3.63) is 0 Å². The van der Waals surface area contributed by atoms with Gasteiger partial charge in [0.15, 0.2) is 6.04 Å². The van der Waals surface area contributed by atoms with Gasteiger partial charge in [-0.15, -0.1) is 0 Å². The molecule has 0 bridgehead atoms. The summed E-state index contributed by atoms with van der Waals surface area (Å²) in [6.45, 7) is 10.0. The largest absolute Gasteiger partial charge is 0.467 e. The van der Waals surface area contributed by atoms with Crippen LogP contribution in [0.1, 0.15) is 41.5 Å². The number of esters is 2. The van der Waals surface area contributed by atoms with E-state index in [-0.39, 0.29) is 12.5 Å². The fourth-order valence-electron chi connectivity index (χ4n) is 1.06. The van der Waals surface area contributed by atoms with Crippen LogP contribution in [0.15, 0.2) is 0 Å². The zero-order chi connectivity index (χ0) is 16.1. The standard InChI is InChI=1S/C14H25NO5/c1-13(2,3)11(17)15-9(10(16)19-7)8-20-12(18)14(4,5)6/h9H,8H2,1-7H3,(H,15,17). The molecule has 0 aromatic rings. The fourth-order valence-corrected chi connectivity index (χ4v) is 1.06. The van der Waals surface area contributed by atoms with Crippen molar-refractivity contribution >= 4 is 17.8 Å². The lowest BCUT2D eigenvalue weighted by Crippen LogP contribution is -2.49. The van der Waals surface area contributed by atoms with Gasteiger partial charge in [0.25, 0.3) is 0 Å². The van der Waals surface area contributed by atoms with Gasteiger partial charge in [-0.25, -0.2) is 4.79 Å². The second-order valence-electron chi connectivity index (χ2n) is 6.65. The highest BCUT2D eigenvalue weighted by Crippen LogP contribution is 2.16. The summed E-state index contributed by atoms with van der Waals surface area (Å²) in [6.07, 6.45) is 0. The maximum absolute atomic E-state index is 11.9. The van der Waals surface area contributed by atoms with Crippen LogP contribution in [0.3, 0.4) is 0 Å². The first-order valence-corrected chi connectivity index (χ1v) is 6.45. The second-order valence-corrected chi connectivity index (χ2v) is 6.65. The summed E-state index contributed by atoms with van der Waals surface area (Å²) >= 11 is 0. The zero-order valence-electron chi connectivity index (χ0n) is 13.3. The third-order valence-corrected chi connectivity index (χ3v) is 2.47. The molecule has 0 heterocycles. The molecule has 0 radical (unpaired) electrons.